The van der Waals surface area contributed by atoms with Crippen LogP contribution in [0.25, 0.3) is 0 Å². The number of rotatable bonds is 4. The van der Waals surface area contributed by atoms with E-state index < -0.39 is 0 Å². The van der Waals surface area contributed by atoms with Crippen LogP contribution in [0.5, 0.6) is 5.75 Å². The minimum atomic E-state index is 0.221. The van der Waals surface area contributed by atoms with Crippen LogP contribution in [-0.4, -0.2) is 12.1 Å². The molecule has 100 valence electrons. The molecule has 2 aromatic rings. The predicted octanol–water partition coefficient (Wildman–Crippen LogP) is 4.66. The summed E-state index contributed by atoms with van der Waals surface area (Å²) in [5.74, 6) is 1.30. The zero-order valence-corrected chi connectivity index (χ0v) is 12.4. The van der Waals surface area contributed by atoms with Gasteiger partial charge >= 0.3 is 0 Å². The van der Waals surface area contributed by atoms with Crippen LogP contribution in [-0.2, 0) is 6.54 Å². The van der Waals surface area contributed by atoms with Crippen LogP contribution in [0, 0.1) is 0 Å². The summed E-state index contributed by atoms with van der Waals surface area (Å²) in [4.78, 5) is 4.09. The van der Waals surface area contributed by atoms with Gasteiger partial charge in [-0.3, -0.25) is 0 Å². The average Bonchev–Trinajstić information content (AvgIpc) is 2.41. The summed E-state index contributed by atoms with van der Waals surface area (Å²) in [6.07, 6.45) is 0. The molecule has 0 unspecified atom stereocenters. The van der Waals surface area contributed by atoms with Gasteiger partial charge in [0.2, 0.25) is 0 Å². The van der Waals surface area contributed by atoms with Crippen LogP contribution in [0.15, 0.2) is 30.3 Å². The highest BCUT2D eigenvalue weighted by Crippen LogP contribution is 2.29. The highest BCUT2D eigenvalue weighted by Gasteiger charge is 2.07. The summed E-state index contributed by atoms with van der Waals surface area (Å²) in [5, 5.41) is 4.09. The van der Waals surface area contributed by atoms with E-state index in [2.05, 4.69) is 10.3 Å². The number of pyridine rings is 1. The third-order valence-corrected chi connectivity index (χ3v) is 3.44. The number of anilines is 1. The molecule has 0 saturated heterocycles. The van der Waals surface area contributed by atoms with Crippen molar-refractivity contribution in [1.29, 1.82) is 0 Å². The lowest BCUT2D eigenvalue weighted by atomic mass is 10.2. The number of aromatic nitrogens is 1. The number of methoxy groups -OCH3 is 1. The first-order valence-electron chi connectivity index (χ1n) is 5.48. The number of nitrogens with one attached hydrogen (secondary N) is 1. The van der Waals surface area contributed by atoms with Gasteiger partial charge in [-0.2, -0.15) is 0 Å². The van der Waals surface area contributed by atoms with E-state index in [1.165, 1.54) is 0 Å². The van der Waals surface area contributed by atoms with Crippen LogP contribution in [0.4, 0.5) is 5.82 Å². The van der Waals surface area contributed by atoms with Crippen molar-refractivity contribution in [2.75, 3.05) is 12.4 Å². The van der Waals surface area contributed by atoms with E-state index in [1.54, 1.807) is 13.2 Å². The maximum atomic E-state index is 6.03. The zero-order valence-electron chi connectivity index (χ0n) is 10.1. The number of hydrogen-bond acceptors (Lipinski definition) is 3. The standard InChI is InChI=1S/C13H11Cl3N2O/c1-19-9-4-2-3-8(5-9)7-17-13-11(15)6-10(14)12(16)18-13/h2-6H,7H2,1H3,(H,17,18). The fraction of sp³-hybridized carbons (Fsp3) is 0.154. The second-order valence-electron chi connectivity index (χ2n) is 3.80. The van der Waals surface area contributed by atoms with Gasteiger partial charge in [-0.05, 0) is 23.8 Å². The molecular formula is C13H11Cl3N2O. The minimum Gasteiger partial charge on any atom is -0.497 e. The molecule has 0 radical (unpaired) electrons. The molecule has 3 nitrogen and oxygen atoms in total. The minimum absolute atomic E-state index is 0.221. The Balaban J connectivity index is 2.12. The number of benzene rings is 1. The quantitative estimate of drug-likeness (QED) is 0.833. The molecule has 6 heteroatoms. The van der Waals surface area contributed by atoms with Gasteiger partial charge in [0.25, 0.3) is 0 Å². The Bertz CT molecular complexity index is 590. The summed E-state index contributed by atoms with van der Waals surface area (Å²) >= 11 is 17.7. The molecule has 0 atom stereocenters. The van der Waals surface area contributed by atoms with Crippen molar-refractivity contribution in [3.05, 3.63) is 51.1 Å². The van der Waals surface area contributed by atoms with Crippen molar-refractivity contribution in [2.24, 2.45) is 0 Å². The lowest BCUT2D eigenvalue weighted by Crippen LogP contribution is -2.02. The Morgan fingerprint density at radius 1 is 1.16 bits per heavy atom. The highest BCUT2D eigenvalue weighted by atomic mass is 35.5. The van der Waals surface area contributed by atoms with Gasteiger partial charge in [0.15, 0.2) is 0 Å². The van der Waals surface area contributed by atoms with Crippen LogP contribution >= 0.6 is 34.8 Å². The molecule has 1 heterocycles. The second kappa shape index (κ2) is 6.33. The van der Waals surface area contributed by atoms with Crippen molar-refractivity contribution in [3.63, 3.8) is 0 Å². The van der Waals surface area contributed by atoms with Gasteiger partial charge in [-0.15, -0.1) is 0 Å². The first-order valence-corrected chi connectivity index (χ1v) is 6.62. The Kier molecular flexibility index (Phi) is 4.75. The third-order valence-electron chi connectivity index (χ3n) is 2.48. The van der Waals surface area contributed by atoms with E-state index in [1.807, 2.05) is 24.3 Å². The van der Waals surface area contributed by atoms with Crippen molar-refractivity contribution in [1.82, 2.24) is 4.98 Å². The van der Waals surface area contributed by atoms with Gasteiger partial charge in [-0.25, -0.2) is 4.98 Å². The molecule has 0 bridgehead atoms. The first kappa shape index (κ1) is 14.3. The summed E-state index contributed by atoms with van der Waals surface area (Å²) in [5.41, 5.74) is 1.04. The summed E-state index contributed by atoms with van der Waals surface area (Å²) in [7, 11) is 1.63. The van der Waals surface area contributed by atoms with Crippen molar-refractivity contribution in [2.45, 2.75) is 6.54 Å². The average molecular weight is 318 g/mol. The molecular weight excluding hydrogens is 307 g/mol. The van der Waals surface area contributed by atoms with Gasteiger partial charge in [0.1, 0.15) is 16.7 Å². The van der Waals surface area contributed by atoms with Crippen molar-refractivity contribution < 1.29 is 4.74 Å². The molecule has 0 fully saturated rings. The summed E-state index contributed by atoms with van der Waals surface area (Å²) in [6, 6.07) is 9.26. The first-order chi connectivity index (χ1) is 9.10. The molecule has 1 N–H and O–H groups in total. The number of nitrogens with zero attached hydrogens (tertiary/aromatic N) is 1. The molecule has 0 spiro atoms. The molecule has 0 aliphatic heterocycles. The van der Waals surface area contributed by atoms with Crippen LogP contribution in [0.2, 0.25) is 15.2 Å². The smallest absolute Gasteiger partial charge is 0.150 e. The Morgan fingerprint density at radius 3 is 2.68 bits per heavy atom. The van der Waals surface area contributed by atoms with Gasteiger partial charge in [-0.1, -0.05) is 46.9 Å². The number of ether oxygens (including phenoxy) is 1. The monoisotopic (exact) mass is 316 g/mol. The Hall–Kier alpha value is -1.16. The molecule has 0 aliphatic rings. The van der Waals surface area contributed by atoms with Crippen LogP contribution in [0.1, 0.15) is 5.56 Å². The molecule has 19 heavy (non-hydrogen) atoms. The fourth-order valence-corrected chi connectivity index (χ4v) is 2.10. The maximum Gasteiger partial charge on any atom is 0.150 e. The van der Waals surface area contributed by atoms with Gasteiger partial charge < -0.3 is 10.1 Å². The molecule has 1 aromatic heterocycles. The second-order valence-corrected chi connectivity index (χ2v) is 4.97. The highest BCUT2D eigenvalue weighted by molar-refractivity contribution is 6.42. The lowest BCUT2D eigenvalue weighted by molar-refractivity contribution is 0.414. The van der Waals surface area contributed by atoms with E-state index in [-0.39, 0.29) is 5.15 Å². The maximum absolute atomic E-state index is 6.03. The largest absolute Gasteiger partial charge is 0.497 e. The zero-order chi connectivity index (χ0) is 13.8. The molecule has 0 amide bonds. The SMILES string of the molecule is COc1cccc(CNc2nc(Cl)c(Cl)cc2Cl)c1. The molecule has 0 saturated carbocycles. The topological polar surface area (TPSA) is 34.1 Å². The van der Waals surface area contributed by atoms with E-state index >= 15 is 0 Å². The van der Waals surface area contributed by atoms with Gasteiger partial charge in [0.05, 0.1) is 17.2 Å². The summed E-state index contributed by atoms with van der Waals surface area (Å²) < 4.78 is 5.16. The van der Waals surface area contributed by atoms with E-state index in [9.17, 15) is 0 Å². The predicted molar refractivity (Wildman–Crippen MR) is 79.6 cm³/mol. The van der Waals surface area contributed by atoms with Gasteiger partial charge in [0, 0.05) is 6.54 Å². The van der Waals surface area contributed by atoms with Crippen LogP contribution < -0.4 is 10.1 Å². The number of hydrogen-bond donors (Lipinski definition) is 1. The third kappa shape index (κ3) is 3.66. The van der Waals surface area contributed by atoms with Crippen molar-refractivity contribution in [3.8, 4) is 5.75 Å². The molecule has 1 aromatic carbocycles. The van der Waals surface area contributed by atoms with Crippen molar-refractivity contribution >= 4 is 40.6 Å². The number of halogens is 3. The van der Waals surface area contributed by atoms with E-state index in [4.69, 9.17) is 39.5 Å². The Labute approximate surface area is 126 Å². The lowest BCUT2D eigenvalue weighted by Gasteiger charge is -2.09. The normalized spacial score (nSPS) is 10.3. The molecule has 2 rings (SSSR count). The summed E-state index contributed by atoms with van der Waals surface area (Å²) in [6.45, 7) is 0.557. The fourth-order valence-electron chi connectivity index (χ4n) is 1.54. The van der Waals surface area contributed by atoms with E-state index in [0.29, 0.717) is 22.4 Å². The molecule has 0 aliphatic carbocycles. The van der Waals surface area contributed by atoms with E-state index in [0.717, 1.165) is 11.3 Å². The van der Waals surface area contributed by atoms with Crippen LogP contribution in [0.3, 0.4) is 0 Å². The Morgan fingerprint density at radius 2 is 1.95 bits per heavy atom.